The van der Waals surface area contributed by atoms with Crippen molar-refractivity contribution in [3.8, 4) is 17.2 Å². The average molecular weight is 365 g/mol. The molecule has 0 radical (unpaired) electrons. The van der Waals surface area contributed by atoms with E-state index in [1.54, 1.807) is 45.6 Å². The van der Waals surface area contributed by atoms with Crippen LogP contribution in [0.4, 0.5) is 0 Å². The van der Waals surface area contributed by atoms with Crippen LogP contribution in [0.3, 0.4) is 0 Å². The molecular formula is C21H19NO5. The van der Waals surface area contributed by atoms with Gasteiger partial charge in [0.15, 0.2) is 17.2 Å². The molecule has 6 heteroatoms. The minimum Gasteiger partial charge on any atom is -0.497 e. The molecule has 138 valence electrons. The summed E-state index contributed by atoms with van der Waals surface area (Å²) in [6.07, 6.45) is 5.10. The van der Waals surface area contributed by atoms with Crippen LogP contribution in [0, 0.1) is 0 Å². The summed E-state index contributed by atoms with van der Waals surface area (Å²) in [5.74, 6) is 1.70. The number of cyclic esters (lactones) is 1. The van der Waals surface area contributed by atoms with Crippen LogP contribution >= 0.6 is 0 Å². The summed E-state index contributed by atoms with van der Waals surface area (Å²) >= 11 is 0. The first-order valence-electron chi connectivity index (χ1n) is 8.19. The highest BCUT2D eigenvalue weighted by Gasteiger charge is 2.21. The molecule has 0 atom stereocenters. The number of hydrogen-bond donors (Lipinski definition) is 0. The minimum absolute atomic E-state index is 0.219. The van der Waals surface area contributed by atoms with Crippen molar-refractivity contribution >= 4 is 24.0 Å². The van der Waals surface area contributed by atoms with Gasteiger partial charge in [-0.3, -0.25) is 0 Å². The fraction of sp³-hybridized carbons (Fsp3) is 0.143. The normalized spacial score (nSPS) is 15.0. The second kappa shape index (κ2) is 8.23. The van der Waals surface area contributed by atoms with Crippen LogP contribution in [0.25, 0.3) is 12.2 Å². The summed E-state index contributed by atoms with van der Waals surface area (Å²) in [6.45, 7) is 0. The Hall–Kier alpha value is -3.54. The van der Waals surface area contributed by atoms with E-state index >= 15 is 0 Å². The number of hydrogen-bond acceptors (Lipinski definition) is 6. The van der Waals surface area contributed by atoms with Crippen molar-refractivity contribution < 1.29 is 23.7 Å². The first-order chi connectivity index (χ1) is 13.1. The van der Waals surface area contributed by atoms with Gasteiger partial charge in [0.1, 0.15) is 5.75 Å². The van der Waals surface area contributed by atoms with E-state index in [2.05, 4.69) is 4.99 Å². The van der Waals surface area contributed by atoms with Crippen LogP contribution in [-0.2, 0) is 9.53 Å². The number of methoxy groups -OCH3 is 3. The predicted octanol–water partition coefficient (Wildman–Crippen LogP) is 3.72. The second-order valence-corrected chi connectivity index (χ2v) is 5.59. The number of benzene rings is 2. The van der Waals surface area contributed by atoms with Crippen LogP contribution in [-0.4, -0.2) is 33.2 Å². The number of rotatable bonds is 6. The number of carbonyl (C=O) groups is 1. The Balaban J connectivity index is 1.79. The molecule has 27 heavy (non-hydrogen) atoms. The van der Waals surface area contributed by atoms with Gasteiger partial charge < -0.3 is 18.9 Å². The lowest BCUT2D eigenvalue weighted by atomic mass is 10.1. The molecule has 0 fully saturated rings. The molecule has 0 bridgehead atoms. The van der Waals surface area contributed by atoms with Gasteiger partial charge in [0, 0.05) is 6.08 Å². The lowest BCUT2D eigenvalue weighted by molar-refractivity contribution is -0.129. The van der Waals surface area contributed by atoms with Gasteiger partial charge in [0.25, 0.3) is 0 Å². The molecule has 0 aromatic heterocycles. The molecule has 1 heterocycles. The maximum Gasteiger partial charge on any atom is 0.363 e. The Morgan fingerprint density at radius 1 is 0.852 bits per heavy atom. The standard InChI is InChI=1S/C21H19NO5/c1-24-16-8-4-14(5-9-16)7-11-20-22-17(21(23)27-20)12-15-6-10-18(25-2)19(13-15)26-3/h4-13H,1-3H3/b11-7+,17-12?. The SMILES string of the molecule is COc1ccc(/C=C/C2=NC(=Cc3ccc(OC)c(OC)c3)C(=O)O2)cc1. The zero-order valence-electron chi connectivity index (χ0n) is 15.3. The third-order valence-electron chi connectivity index (χ3n) is 3.88. The fourth-order valence-corrected chi connectivity index (χ4v) is 2.48. The molecule has 1 aliphatic heterocycles. The number of nitrogens with zero attached hydrogens (tertiary/aromatic N) is 1. The molecule has 3 rings (SSSR count). The molecular weight excluding hydrogens is 346 g/mol. The molecule has 0 saturated carbocycles. The van der Waals surface area contributed by atoms with E-state index in [0.717, 1.165) is 16.9 Å². The average Bonchev–Trinajstić information content (AvgIpc) is 3.06. The van der Waals surface area contributed by atoms with Crippen LogP contribution < -0.4 is 14.2 Å². The molecule has 2 aromatic rings. The topological polar surface area (TPSA) is 66.3 Å². The molecule has 0 amide bonds. The second-order valence-electron chi connectivity index (χ2n) is 5.59. The smallest absolute Gasteiger partial charge is 0.363 e. The van der Waals surface area contributed by atoms with Crippen molar-refractivity contribution in [3.05, 3.63) is 65.4 Å². The number of esters is 1. The van der Waals surface area contributed by atoms with Gasteiger partial charge in [-0.25, -0.2) is 9.79 Å². The van der Waals surface area contributed by atoms with Gasteiger partial charge >= 0.3 is 5.97 Å². The summed E-state index contributed by atoms with van der Waals surface area (Å²) in [7, 11) is 4.73. The van der Waals surface area contributed by atoms with Crippen LogP contribution in [0.1, 0.15) is 11.1 Å². The van der Waals surface area contributed by atoms with Gasteiger partial charge in [-0.05, 0) is 47.5 Å². The molecule has 0 aliphatic carbocycles. The quantitative estimate of drug-likeness (QED) is 0.577. The third-order valence-corrected chi connectivity index (χ3v) is 3.88. The van der Waals surface area contributed by atoms with Gasteiger partial charge in [-0.1, -0.05) is 18.2 Å². The summed E-state index contributed by atoms with van der Waals surface area (Å²) in [5, 5.41) is 0. The highest BCUT2D eigenvalue weighted by atomic mass is 16.6. The Labute approximate surface area is 157 Å². The lowest BCUT2D eigenvalue weighted by Crippen LogP contribution is -2.01. The van der Waals surface area contributed by atoms with E-state index in [-0.39, 0.29) is 11.6 Å². The number of ether oxygens (including phenoxy) is 4. The van der Waals surface area contributed by atoms with Crippen molar-refractivity contribution in [2.75, 3.05) is 21.3 Å². The number of carbonyl (C=O) groups excluding carboxylic acids is 1. The predicted molar refractivity (Wildman–Crippen MR) is 103 cm³/mol. The van der Waals surface area contributed by atoms with Gasteiger partial charge in [-0.15, -0.1) is 0 Å². The molecule has 2 aromatic carbocycles. The fourth-order valence-electron chi connectivity index (χ4n) is 2.48. The van der Waals surface area contributed by atoms with Gasteiger partial charge in [0.2, 0.25) is 5.90 Å². The minimum atomic E-state index is -0.501. The molecule has 6 nitrogen and oxygen atoms in total. The van der Waals surface area contributed by atoms with Crippen LogP contribution in [0.15, 0.2) is 59.2 Å². The molecule has 0 unspecified atom stereocenters. The summed E-state index contributed by atoms with van der Waals surface area (Å²) < 4.78 is 20.8. The Bertz CT molecular complexity index is 926. The maximum atomic E-state index is 12.1. The van der Waals surface area contributed by atoms with E-state index in [4.69, 9.17) is 18.9 Å². The van der Waals surface area contributed by atoms with Gasteiger partial charge in [0.05, 0.1) is 21.3 Å². The van der Waals surface area contributed by atoms with E-state index in [9.17, 15) is 4.79 Å². The summed E-state index contributed by atoms with van der Waals surface area (Å²) in [5.41, 5.74) is 1.91. The highest BCUT2D eigenvalue weighted by molar-refractivity contribution is 6.11. The highest BCUT2D eigenvalue weighted by Crippen LogP contribution is 2.29. The largest absolute Gasteiger partial charge is 0.497 e. The maximum absolute atomic E-state index is 12.1. The Morgan fingerprint density at radius 2 is 1.56 bits per heavy atom. The van der Waals surface area contributed by atoms with Crippen LogP contribution in [0.5, 0.6) is 17.2 Å². The molecule has 0 N–H and O–H groups in total. The van der Waals surface area contributed by atoms with E-state index in [1.807, 2.05) is 36.4 Å². The molecule has 0 spiro atoms. The van der Waals surface area contributed by atoms with Crippen molar-refractivity contribution in [2.24, 2.45) is 4.99 Å². The first kappa shape index (κ1) is 18.3. The van der Waals surface area contributed by atoms with Crippen molar-refractivity contribution in [1.29, 1.82) is 0 Å². The first-order valence-corrected chi connectivity index (χ1v) is 8.19. The Kier molecular flexibility index (Phi) is 5.56. The summed E-state index contributed by atoms with van der Waals surface area (Å²) in [4.78, 5) is 16.3. The lowest BCUT2D eigenvalue weighted by Gasteiger charge is -2.07. The molecule has 1 aliphatic rings. The summed E-state index contributed by atoms with van der Waals surface area (Å²) in [6, 6.07) is 12.8. The monoisotopic (exact) mass is 365 g/mol. The van der Waals surface area contributed by atoms with E-state index < -0.39 is 5.97 Å². The van der Waals surface area contributed by atoms with Gasteiger partial charge in [-0.2, -0.15) is 0 Å². The Morgan fingerprint density at radius 3 is 2.22 bits per heavy atom. The zero-order chi connectivity index (χ0) is 19.2. The van der Waals surface area contributed by atoms with E-state index in [0.29, 0.717) is 11.5 Å². The number of aliphatic imine (C=N–C) groups is 1. The third kappa shape index (κ3) is 4.36. The zero-order valence-corrected chi connectivity index (χ0v) is 15.3. The van der Waals surface area contributed by atoms with Crippen molar-refractivity contribution in [1.82, 2.24) is 0 Å². The van der Waals surface area contributed by atoms with Crippen molar-refractivity contribution in [3.63, 3.8) is 0 Å². The van der Waals surface area contributed by atoms with Crippen LogP contribution in [0.2, 0.25) is 0 Å². The molecule has 0 saturated heterocycles. The van der Waals surface area contributed by atoms with Crippen molar-refractivity contribution in [2.45, 2.75) is 0 Å². The van der Waals surface area contributed by atoms with E-state index in [1.165, 1.54) is 0 Å².